The number of amides is 1. The summed E-state index contributed by atoms with van der Waals surface area (Å²) in [6, 6.07) is 6.65. The standard InChI is InChI=1S/C17H18IN5O3S/c1-4-10-19-15-14(18)11-20-16(22-15)21-12-6-8-13(9-7-12)27(3,25)23-17(24)26-5-2/h1,6-9,11H,5,10H2,2-3H3,(H2,19,20,21,22). The molecule has 1 amide bonds. The highest BCUT2D eigenvalue weighted by Gasteiger charge is 2.11. The number of aromatic nitrogens is 2. The number of ether oxygens (including phenoxy) is 1. The zero-order chi connectivity index (χ0) is 19.9. The van der Waals surface area contributed by atoms with Crippen LogP contribution < -0.4 is 10.6 Å². The maximum absolute atomic E-state index is 12.6. The van der Waals surface area contributed by atoms with Crippen LogP contribution in [0.5, 0.6) is 0 Å². The fraction of sp³-hybridized carbons (Fsp3) is 0.235. The van der Waals surface area contributed by atoms with Crippen molar-refractivity contribution in [2.75, 3.05) is 30.0 Å². The van der Waals surface area contributed by atoms with E-state index in [0.29, 0.717) is 28.9 Å². The normalized spacial score (nSPS) is 12.4. The molecule has 0 aliphatic heterocycles. The molecular weight excluding hydrogens is 481 g/mol. The molecule has 1 aromatic heterocycles. The van der Waals surface area contributed by atoms with Crippen molar-refractivity contribution in [2.24, 2.45) is 4.36 Å². The molecule has 1 atom stereocenters. The summed E-state index contributed by atoms with van der Waals surface area (Å²) >= 11 is 2.11. The van der Waals surface area contributed by atoms with Crippen molar-refractivity contribution in [1.82, 2.24) is 9.97 Å². The van der Waals surface area contributed by atoms with Gasteiger partial charge < -0.3 is 15.4 Å². The number of rotatable bonds is 6. The first kappa shape index (κ1) is 20.9. The number of benzene rings is 1. The molecule has 0 aliphatic carbocycles. The third kappa shape index (κ3) is 6.07. The van der Waals surface area contributed by atoms with Gasteiger partial charge in [0.05, 0.1) is 26.5 Å². The molecule has 0 fully saturated rings. The minimum absolute atomic E-state index is 0.176. The van der Waals surface area contributed by atoms with Gasteiger partial charge in [-0.25, -0.2) is 14.0 Å². The van der Waals surface area contributed by atoms with Gasteiger partial charge >= 0.3 is 6.09 Å². The predicted octanol–water partition coefficient (Wildman–Crippen LogP) is 3.48. The number of halogens is 1. The fourth-order valence-corrected chi connectivity index (χ4v) is 3.48. The summed E-state index contributed by atoms with van der Waals surface area (Å²) in [6.45, 7) is 2.19. The smallest absolute Gasteiger partial charge is 0.442 e. The van der Waals surface area contributed by atoms with Crippen LogP contribution in [0.25, 0.3) is 0 Å². The van der Waals surface area contributed by atoms with Crippen LogP contribution in [0.3, 0.4) is 0 Å². The molecule has 0 spiro atoms. The first-order valence-electron chi connectivity index (χ1n) is 7.81. The summed E-state index contributed by atoms with van der Waals surface area (Å²) in [5.74, 6) is 3.51. The lowest BCUT2D eigenvalue weighted by molar-refractivity contribution is 0.164. The largest absolute Gasteiger partial charge is 0.448 e. The summed E-state index contributed by atoms with van der Waals surface area (Å²) in [5, 5.41) is 6.07. The number of nitrogens with zero attached hydrogens (tertiary/aromatic N) is 3. The van der Waals surface area contributed by atoms with Crippen molar-refractivity contribution in [3.63, 3.8) is 0 Å². The highest BCUT2D eigenvalue weighted by molar-refractivity contribution is 14.1. The van der Waals surface area contributed by atoms with Gasteiger partial charge in [-0.1, -0.05) is 5.92 Å². The lowest BCUT2D eigenvalue weighted by atomic mass is 10.3. The van der Waals surface area contributed by atoms with E-state index >= 15 is 0 Å². The quantitative estimate of drug-likeness (QED) is 0.463. The van der Waals surface area contributed by atoms with Crippen LogP contribution in [0.4, 0.5) is 22.2 Å². The van der Waals surface area contributed by atoms with Gasteiger partial charge in [0, 0.05) is 23.0 Å². The molecule has 0 bridgehead atoms. The summed E-state index contributed by atoms with van der Waals surface area (Å²) in [4.78, 5) is 20.5. The molecular formula is C17H18IN5O3S. The van der Waals surface area contributed by atoms with Crippen molar-refractivity contribution < 1.29 is 13.7 Å². The topological polar surface area (TPSA) is 106 Å². The predicted molar refractivity (Wildman–Crippen MR) is 114 cm³/mol. The van der Waals surface area contributed by atoms with Crippen LogP contribution in [0, 0.1) is 15.9 Å². The second-order valence-corrected chi connectivity index (χ2v) is 8.61. The van der Waals surface area contributed by atoms with Gasteiger partial charge in [0.25, 0.3) is 0 Å². The van der Waals surface area contributed by atoms with E-state index in [2.05, 4.69) is 53.5 Å². The Hall–Kier alpha value is -2.39. The second-order valence-electron chi connectivity index (χ2n) is 5.19. The van der Waals surface area contributed by atoms with Crippen molar-refractivity contribution in [2.45, 2.75) is 11.8 Å². The second kappa shape index (κ2) is 9.52. The lowest BCUT2D eigenvalue weighted by Crippen LogP contribution is -2.07. The van der Waals surface area contributed by atoms with Crippen molar-refractivity contribution in [1.29, 1.82) is 0 Å². The van der Waals surface area contributed by atoms with Crippen molar-refractivity contribution in [3.8, 4) is 12.3 Å². The van der Waals surface area contributed by atoms with E-state index in [0.717, 1.165) is 3.57 Å². The average Bonchev–Trinajstić information content (AvgIpc) is 2.62. The minimum Gasteiger partial charge on any atom is -0.448 e. The van der Waals surface area contributed by atoms with Crippen LogP contribution in [0.2, 0.25) is 0 Å². The summed E-state index contributed by atoms with van der Waals surface area (Å²) in [7, 11) is -2.88. The SMILES string of the molecule is C#CCNc1nc(Nc2ccc(S(C)(=O)=NC(=O)OCC)cc2)ncc1I. The van der Waals surface area contributed by atoms with Crippen LogP contribution in [0.1, 0.15) is 6.92 Å². The van der Waals surface area contributed by atoms with Crippen LogP contribution in [-0.2, 0) is 14.5 Å². The van der Waals surface area contributed by atoms with E-state index in [9.17, 15) is 9.00 Å². The molecule has 8 nitrogen and oxygen atoms in total. The van der Waals surface area contributed by atoms with E-state index in [-0.39, 0.29) is 6.61 Å². The Kier molecular flexibility index (Phi) is 7.37. The third-order valence-corrected chi connectivity index (χ3v) is 5.60. The van der Waals surface area contributed by atoms with E-state index in [4.69, 9.17) is 11.2 Å². The van der Waals surface area contributed by atoms with Crippen LogP contribution in [0.15, 0.2) is 39.7 Å². The molecule has 0 aliphatic rings. The van der Waals surface area contributed by atoms with Gasteiger partial charge in [-0.15, -0.1) is 10.8 Å². The molecule has 10 heteroatoms. The minimum atomic E-state index is -2.88. The van der Waals surface area contributed by atoms with Gasteiger partial charge in [0.2, 0.25) is 5.95 Å². The molecule has 1 heterocycles. The summed E-state index contributed by atoms with van der Waals surface area (Å²) < 4.78 is 21.8. The van der Waals surface area contributed by atoms with Gasteiger partial charge in [0.15, 0.2) is 0 Å². The number of nitrogens with one attached hydrogen (secondary N) is 2. The molecule has 1 aromatic carbocycles. The highest BCUT2D eigenvalue weighted by atomic mass is 127. The Labute approximate surface area is 171 Å². The Morgan fingerprint density at radius 2 is 2.11 bits per heavy atom. The first-order chi connectivity index (χ1) is 12.9. The third-order valence-electron chi connectivity index (χ3n) is 3.17. The van der Waals surface area contributed by atoms with Gasteiger partial charge in [0.1, 0.15) is 5.82 Å². The summed E-state index contributed by atoms with van der Waals surface area (Å²) in [5.41, 5.74) is 0.689. The number of terminal acetylenes is 1. The molecule has 0 saturated heterocycles. The Morgan fingerprint density at radius 3 is 2.74 bits per heavy atom. The van der Waals surface area contributed by atoms with E-state index in [1.54, 1.807) is 37.4 Å². The maximum atomic E-state index is 12.6. The molecule has 1 unspecified atom stereocenters. The number of carbonyl (C=O) groups is 1. The highest BCUT2D eigenvalue weighted by Crippen LogP contribution is 2.21. The first-order valence-corrected chi connectivity index (χ1v) is 10.8. The molecule has 2 rings (SSSR count). The van der Waals surface area contributed by atoms with Gasteiger partial charge in [-0.05, 0) is 53.8 Å². The van der Waals surface area contributed by atoms with Crippen molar-refractivity contribution >= 4 is 55.9 Å². The Morgan fingerprint density at radius 1 is 1.41 bits per heavy atom. The zero-order valence-corrected chi connectivity index (χ0v) is 17.7. The zero-order valence-electron chi connectivity index (χ0n) is 14.7. The molecule has 2 aromatic rings. The monoisotopic (exact) mass is 499 g/mol. The molecule has 0 radical (unpaired) electrons. The van der Waals surface area contributed by atoms with E-state index in [1.165, 1.54) is 6.26 Å². The van der Waals surface area contributed by atoms with E-state index in [1.807, 2.05) is 0 Å². The van der Waals surface area contributed by atoms with Crippen molar-refractivity contribution in [3.05, 3.63) is 34.0 Å². The molecule has 0 saturated carbocycles. The molecule has 27 heavy (non-hydrogen) atoms. The van der Waals surface area contributed by atoms with E-state index < -0.39 is 15.8 Å². The molecule has 2 N–H and O–H groups in total. The summed E-state index contributed by atoms with van der Waals surface area (Å²) in [6.07, 6.45) is 7.46. The van der Waals surface area contributed by atoms with Gasteiger partial charge in [-0.2, -0.15) is 4.98 Å². The maximum Gasteiger partial charge on any atom is 0.442 e. The number of carbonyl (C=O) groups excluding carboxylic acids is 1. The number of anilines is 3. The van der Waals surface area contributed by atoms with Crippen LogP contribution >= 0.6 is 22.6 Å². The average molecular weight is 499 g/mol. The Bertz CT molecular complexity index is 979. The number of hydrogen-bond acceptors (Lipinski definition) is 7. The van der Waals surface area contributed by atoms with Crippen LogP contribution in [-0.4, -0.2) is 39.7 Å². The Balaban J connectivity index is 2.18. The number of hydrogen-bond donors (Lipinski definition) is 2. The van der Waals surface area contributed by atoms with Gasteiger partial charge in [-0.3, -0.25) is 0 Å². The lowest BCUT2D eigenvalue weighted by Gasteiger charge is -2.10. The fourth-order valence-electron chi connectivity index (χ4n) is 1.95. The molecule has 142 valence electrons.